The van der Waals surface area contributed by atoms with Crippen molar-refractivity contribution in [1.82, 2.24) is 0 Å². The Morgan fingerprint density at radius 3 is 2.37 bits per heavy atom. The van der Waals surface area contributed by atoms with Crippen molar-refractivity contribution in [3.63, 3.8) is 0 Å². The minimum absolute atomic E-state index is 0.516. The average Bonchev–Trinajstić information content (AvgIpc) is 3.24. The highest BCUT2D eigenvalue weighted by Crippen LogP contribution is 2.29. The number of hydrogen-bond donors (Lipinski definition) is 2. The van der Waals surface area contributed by atoms with Crippen molar-refractivity contribution < 1.29 is 14.3 Å². The van der Waals surface area contributed by atoms with Gasteiger partial charge in [-0.1, -0.05) is 63.3 Å². The highest BCUT2D eigenvalue weighted by atomic mass is 16.5. The van der Waals surface area contributed by atoms with E-state index in [1.165, 1.54) is 31.2 Å². The summed E-state index contributed by atoms with van der Waals surface area (Å²) >= 11 is 0. The number of nitrogens with one attached hydrogen (secondary N) is 2. The third-order valence-electron chi connectivity index (χ3n) is 5.49. The summed E-state index contributed by atoms with van der Waals surface area (Å²) in [6.07, 6.45) is 10.2. The summed E-state index contributed by atoms with van der Waals surface area (Å²) in [5, 5.41) is 5.46. The zero-order chi connectivity index (χ0) is 21.2. The number of amides is 2. The van der Waals surface area contributed by atoms with E-state index in [9.17, 15) is 9.59 Å². The number of hydrogen-bond acceptors (Lipinski definition) is 3. The molecule has 3 rings (SSSR count). The summed E-state index contributed by atoms with van der Waals surface area (Å²) in [5.74, 6) is -0.768. The van der Waals surface area contributed by atoms with Gasteiger partial charge >= 0.3 is 11.8 Å². The van der Waals surface area contributed by atoms with Gasteiger partial charge in [-0.15, -0.1) is 0 Å². The van der Waals surface area contributed by atoms with Crippen LogP contribution in [-0.4, -0.2) is 18.4 Å². The van der Waals surface area contributed by atoms with Gasteiger partial charge in [0.25, 0.3) is 0 Å². The first kappa shape index (κ1) is 21.9. The van der Waals surface area contributed by atoms with Crippen LogP contribution in [0.25, 0.3) is 0 Å². The van der Waals surface area contributed by atoms with E-state index in [0.717, 1.165) is 43.4 Å². The maximum atomic E-state index is 12.5. The zero-order valence-corrected chi connectivity index (χ0v) is 17.8. The maximum absolute atomic E-state index is 12.5. The van der Waals surface area contributed by atoms with Crippen molar-refractivity contribution in [2.24, 2.45) is 0 Å². The van der Waals surface area contributed by atoms with Gasteiger partial charge in [0.2, 0.25) is 0 Å². The summed E-state index contributed by atoms with van der Waals surface area (Å²) < 4.78 is 5.86. The molecule has 2 aromatic rings. The van der Waals surface area contributed by atoms with E-state index >= 15 is 0 Å². The van der Waals surface area contributed by atoms with Crippen molar-refractivity contribution >= 4 is 23.2 Å². The second-order valence-electron chi connectivity index (χ2n) is 7.82. The molecule has 2 amide bonds. The number of carbonyl (C=O) groups is 2. The van der Waals surface area contributed by atoms with E-state index in [2.05, 4.69) is 23.6 Å². The Kier molecular flexibility index (Phi) is 8.30. The van der Waals surface area contributed by atoms with Gasteiger partial charge in [-0.3, -0.25) is 9.59 Å². The largest absolute Gasteiger partial charge is 0.491 e. The monoisotopic (exact) mass is 408 g/mol. The molecule has 2 N–H and O–H groups in total. The quantitative estimate of drug-likeness (QED) is 0.403. The lowest BCUT2D eigenvalue weighted by atomic mass is 10.1. The Balaban J connectivity index is 1.51. The number of para-hydroxylation sites is 2. The van der Waals surface area contributed by atoms with Crippen LogP contribution in [0.15, 0.2) is 42.5 Å². The number of aryl methyl sites for hydroxylation is 1. The number of benzene rings is 2. The molecule has 0 spiro atoms. The minimum Gasteiger partial charge on any atom is -0.491 e. The first-order valence-corrected chi connectivity index (χ1v) is 11.1. The van der Waals surface area contributed by atoms with Crippen LogP contribution in [-0.2, 0) is 22.4 Å². The fraction of sp³-hybridized carbons (Fsp3) is 0.440. The van der Waals surface area contributed by atoms with Crippen LogP contribution >= 0.6 is 0 Å². The molecule has 160 valence electrons. The summed E-state index contributed by atoms with van der Waals surface area (Å²) in [4.78, 5) is 24.9. The molecular weight excluding hydrogens is 376 g/mol. The Bertz CT molecular complexity index is 863. The molecule has 0 aliphatic heterocycles. The van der Waals surface area contributed by atoms with E-state index in [1.54, 1.807) is 6.07 Å². The van der Waals surface area contributed by atoms with Crippen molar-refractivity contribution in [3.05, 3.63) is 53.6 Å². The van der Waals surface area contributed by atoms with E-state index in [-0.39, 0.29) is 0 Å². The van der Waals surface area contributed by atoms with Crippen molar-refractivity contribution in [1.29, 1.82) is 0 Å². The lowest BCUT2D eigenvalue weighted by molar-refractivity contribution is -0.133. The van der Waals surface area contributed by atoms with Crippen LogP contribution in [0, 0.1) is 0 Å². The van der Waals surface area contributed by atoms with Gasteiger partial charge < -0.3 is 15.4 Å². The van der Waals surface area contributed by atoms with Gasteiger partial charge in [-0.2, -0.15) is 0 Å². The summed E-state index contributed by atoms with van der Waals surface area (Å²) in [6, 6.07) is 13.1. The highest BCUT2D eigenvalue weighted by molar-refractivity contribution is 6.43. The molecule has 5 heteroatoms. The highest BCUT2D eigenvalue weighted by Gasteiger charge is 2.20. The molecule has 0 atom stereocenters. The minimum atomic E-state index is -0.693. The fourth-order valence-corrected chi connectivity index (χ4v) is 3.86. The Hall–Kier alpha value is -2.82. The number of unbranched alkanes of at least 4 members (excludes halogenated alkanes) is 5. The Morgan fingerprint density at radius 2 is 1.53 bits per heavy atom. The third-order valence-corrected chi connectivity index (χ3v) is 5.49. The molecule has 0 saturated carbocycles. The number of anilines is 2. The van der Waals surface area contributed by atoms with Crippen LogP contribution in [0.3, 0.4) is 0 Å². The lowest BCUT2D eigenvalue weighted by Gasteiger charge is -2.13. The second-order valence-corrected chi connectivity index (χ2v) is 7.82. The molecule has 0 fully saturated rings. The average molecular weight is 409 g/mol. The normalized spacial score (nSPS) is 12.3. The van der Waals surface area contributed by atoms with Crippen molar-refractivity contribution in [3.8, 4) is 5.75 Å². The van der Waals surface area contributed by atoms with Gasteiger partial charge in [0.05, 0.1) is 12.3 Å². The number of fused-ring (bicyclic) bond motifs is 1. The summed E-state index contributed by atoms with van der Waals surface area (Å²) in [6.45, 7) is 2.81. The second kappa shape index (κ2) is 11.4. The Labute approximate surface area is 179 Å². The smallest absolute Gasteiger partial charge is 0.314 e. The summed E-state index contributed by atoms with van der Waals surface area (Å²) in [7, 11) is 0. The lowest BCUT2D eigenvalue weighted by Crippen LogP contribution is -2.29. The van der Waals surface area contributed by atoms with E-state index in [4.69, 9.17) is 4.74 Å². The van der Waals surface area contributed by atoms with Gasteiger partial charge in [0, 0.05) is 5.69 Å². The number of carbonyl (C=O) groups excluding carboxylic acids is 2. The van der Waals surface area contributed by atoms with Crippen molar-refractivity contribution in [2.75, 3.05) is 17.2 Å². The van der Waals surface area contributed by atoms with E-state index < -0.39 is 11.8 Å². The molecule has 0 radical (unpaired) electrons. The first-order valence-electron chi connectivity index (χ1n) is 11.1. The maximum Gasteiger partial charge on any atom is 0.314 e. The molecule has 5 nitrogen and oxygen atoms in total. The van der Waals surface area contributed by atoms with E-state index in [1.807, 2.05) is 30.3 Å². The van der Waals surface area contributed by atoms with E-state index in [0.29, 0.717) is 18.0 Å². The van der Waals surface area contributed by atoms with Crippen LogP contribution in [0.5, 0.6) is 5.75 Å². The van der Waals surface area contributed by atoms with Gasteiger partial charge in [0.15, 0.2) is 0 Å². The predicted molar refractivity (Wildman–Crippen MR) is 121 cm³/mol. The molecule has 30 heavy (non-hydrogen) atoms. The van der Waals surface area contributed by atoms with Crippen LogP contribution < -0.4 is 15.4 Å². The van der Waals surface area contributed by atoms with Crippen LogP contribution in [0.4, 0.5) is 11.4 Å². The van der Waals surface area contributed by atoms with Gasteiger partial charge in [-0.05, 0) is 55.0 Å². The third kappa shape index (κ3) is 6.09. The molecule has 1 aliphatic carbocycles. The first-order chi connectivity index (χ1) is 14.7. The fourth-order valence-electron chi connectivity index (χ4n) is 3.86. The molecule has 1 aliphatic rings. The molecule has 0 bridgehead atoms. The standard InChI is InChI=1S/C25H32N2O3/c1-2-3-4-5-6-9-18-30-23-17-8-7-15-22(23)27-25(29)24(28)26-21-16-11-13-19-12-10-14-20(19)21/h7-8,11,13,15-17H,2-6,9-10,12,14,18H2,1H3,(H,26,28)(H,27,29). The Morgan fingerprint density at radius 1 is 0.833 bits per heavy atom. The molecule has 0 aromatic heterocycles. The molecule has 0 unspecified atom stereocenters. The molecule has 0 heterocycles. The predicted octanol–water partition coefficient (Wildman–Crippen LogP) is 5.49. The number of ether oxygens (including phenoxy) is 1. The summed E-state index contributed by atoms with van der Waals surface area (Å²) in [5.41, 5.74) is 3.64. The molecular formula is C25H32N2O3. The van der Waals surface area contributed by atoms with Crippen LogP contribution in [0.2, 0.25) is 0 Å². The van der Waals surface area contributed by atoms with Crippen molar-refractivity contribution in [2.45, 2.75) is 64.7 Å². The van der Waals surface area contributed by atoms with Gasteiger partial charge in [0.1, 0.15) is 5.75 Å². The SMILES string of the molecule is CCCCCCCCOc1ccccc1NC(=O)C(=O)Nc1cccc2c1CCC2. The van der Waals surface area contributed by atoms with Crippen LogP contribution in [0.1, 0.15) is 63.0 Å². The van der Waals surface area contributed by atoms with Gasteiger partial charge in [-0.25, -0.2) is 0 Å². The number of rotatable bonds is 10. The zero-order valence-electron chi connectivity index (χ0n) is 17.8. The molecule has 2 aromatic carbocycles. The molecule has 0 saturated heterocycles. The topological polar surface area (TPSA) is 67.4 Å².